The molecule has 1 nitrogen and oxygen atoms in total. The molecule has 92 valence electrons. The highest BCUT2D eigenvalue weighted by molar-refractivity contribution is 5.42. The summed E-state index contributed by atoms with van der Waals surface area (Å²) in [5, 5.41) is 3.84. The topological polar surface area (TPSA) is 12.0 Å². The molecule has 2 fully saturated rings. The molecule has 1 heteroatoms. The summed E-state index contributed by atoms with van der Waals surface area (Å²) in [6.07, 6.45) is 5.50. The van der Waals surface area contributed by atoms with Gasteiger partial charge in [-0.05, 0) is 81.2 Å². The van der Waals surface area contributed by atoms with Crippen LogP contribution in [0.4, 0.5) is 0 Å². The maximum Gasteiger partial charge on any atom is 0.0466 e. The van der Waals surface area contributed by atoms with Crippen LogP contribution in [0.5, 0.6) is 0 Å². The van der Waals surface area contributed by atoms with E-state index in [-0.39, 0.29) is 0 Å². The predicted molar refractivity (Wildman–Crippen MR) is 72.3 cm³/mol. The minimum Gasteiger partial charge on any atom is -0.307 e. The van der Waals surface area contributed by atoms with Crippen LogP contribution in [0.1, 0.15) is 47.9 Å². The van der Waals surface area contributed by atoms with Crippen molar-refractivity contribution in [2.24, 2.45) is 5.92 Å². The average molecular weight is 229 g/mol. The van der Waals surface area contributed by atoms with Crippen molar-refractivity contribution in [3.63, 3.8) is 0 Å². The van der Waals surface area contributed by atoms with Crippen LogP contribution in [0.3, 0.4) is 0 Å². The van der Waals surface area contributed by atoms with Crippen LogP contribution < -0.4 is 5.32 Å². The van der Waals surface area contributed by atoms with Gasteiger partial charge in [0.2, 0.25) is 0 Å². The Bertz CT molecular complexity index is 437. The maximum atomic E-state index is 3.84. The summed E-state index contributed by atoms with van der Waals surface area (Å²) in [5.74, 6) is 0.894. The molecule has 0 bridgehead atoms. The van der Waals surface area contributed by atoms with Crippen molar-refractivity contribution in [3.05, 3.63) is 34.4 Å². The summed E-state index contributed by atoms with van der Waals surface area (Å²) in [6, 6.07) is 4.82. The standard InChI is InChI=1S/C16H23N/c1-11-9-13(3)15(10-12(11)2)16(14-5-6-14)7-4-8-17-16/h9-10,14,17H,4-8H2,1-3H3. The zero-order chi connectivity index (χ0) is 12.0. The van der Waals surface area contributed by atoms with E-state index in [1.54, 1.807) is 5.56 Å². The van der Waals surface area contributed by atoms with E-state index in [1.807, 2.05) is 0 Å². The lowest BCUT2D eigenvalue weighted by Gasteiger charge is -2.32. The van der Waals surface area contributed by atoms with Crippen LogP contribution in [-0.4, -0.2) is 6.54 Å². The highest BCUT2D eigenvalue weighted by Gasteiger charge is 2.48. The fourth-order valence-electron chi connectivity index (χ4n) is 3.58. The summed E-state index contributed by atoms with van der Waals surface area (Å²) >= 11 is 0. The van der Waals surface area contributed by atoms with E-state index in [9.17, 15) is 0 Å². The van der Waals surface area contributed by atoms with Crippen LogP contribution in [0, 0.1) is 26.7 Å². The largest absolute Gasteiger partial charge is 0.307 e. The molecule has 1 saturated carbocycles. The van der Waals surface area contributed by atoms with Crippen molar-refractivity contribution >= 4 is 0 Å². The maximum absolute atomic E-state index is 3.84. The van der Waals surface area contributed by atoms with Crippen LogP contribution >= 0.6 is 0 Å². The van der Waals surface area contributed by atoms with E-state index in [2.05, 4.69) is 38.2 Å². The molecule has 1 heterocycles. The molecule has 1 aliphatic heterocycles. The molecule has 0 radical (unpaired) electrons. The van der Waals surface area contributed by atoms with Gasteiger partial charge in [0.25, 0.3) is 0 Å². The molecule has 1 unspecified atom stereocenters. The Balaban J connectivity index is 2.09. The fraction of sp³-hybridized carbons (Fsp3) is 0.625. The molecule has 1 saturated heterocycles. The Kier molecular flexibility index (Phi) is 2.55. The highest BCUT2D eigenvalue weighted by atomic mass is 15.0. The molecule has 0 spiro atoms. The van der Waals surface area contributed by atoms with Gasteiger partial charge in [-0.15, -0.1) is 0 Å². The van der Waals surface area contributed by atoms with Crippen molar-refractivity contribution in [2.45, 2.75) is 52.0 Å². The lowest BCUT2D eigenvalue weighted by molar-refractivity contribution is 0.334. The lowest BCUT2D eigenvalue weighted by Crippen LogP contribution is -2.39. The van der Waals surface area contributed by atoms with Gasteiger partial charge >= 0.3 is 0 Å². The highest BCUT2D eigenvalue weighted by Crippen LogP contribution is 2.51. The van der Waals surface area contributed by atoms with Gasteiger partial charge in [-0.3, -0.25) is 0 Å². The van der Waals surface area contributed by atoms with Crippen molar-refractivity contribution < 1.29 is 0 Å². The van der Waals surface area contributed by atoms with Crippen molar-refractivity contribution in [2.75, 3.05) is 6.54 Å². The average Bonchev–Trinajstić information content (AvgIpc) is 3.04. The van der Waals surface area contributed by atoms with Crippen molar-refractivity contribution in [3.8, 4) is 0 Å². The Hall–Kier alpha value is -0.820. The molecular formula is C16H23N. The molecular weight excluding hydrogens is 206 g/mol. The van der Waals surface area contributed by atoms with E-state index in [1.165, 1.54) is 48.9 Å². The number of rotatable bonds is 2. The molecule has 1 aromatic rings. The summed E-state index contributed by atoms with van der Waals surface area (Å²) < 4.78 is 0. The molecule has 1 atom stereocenters. The van der Waals surface area contributed by atoms with Crippen molar-refractivity contribution in [1.29, 1.82) is 0 Å². The zero-order valence-corrected chi connectivity index (χ0v) is 11.3. The van der Waals surface area contributed by atoms with Crippen LogP contribution in [0.2, 0.25) is 0 Å². The van der Waals surface area contributed by atoms with Gasteiger partial charge in [0.15, 0.2) is 0 Å². The van der Waals surface area contributed by atoms with Gasteiger partial charge < -0.3 is 5.32 Å². The number of hydrogen-bond donors (Lipinski definition) is 1. The molecule has 1 N–H and O–H groups in total. The second-order valence-electron chi connectivity index (χ2n) is 6.03. The Morgan fingerprint density at radius 2 is 1.76 bits per heavy atom. The monoisotopic (exact) mass is 229 g/mol. The summed E-state index contributed by atoms with van der Waals surface area (Å²) in [6.45, 7) is 7.95. The van der Waals surface area contributed by atoms with Crippen LogP contribution in [-0.2, 0) is 5.54 Å². The smallest absolute Gasteiger partial charge is 0.0466 e. The SMILES string of the molecule is Cc1cc(C)c(C2(C3CC3)CCCN2)cc1C. The second-order valence-corrected chi connectivity index (χ2v) is 6.03. The molecule has 0 amide bonds. The zero-order valence-electron chi connectivity index (χ0n) is 11.3. The van der Waals surface area contributed by atoms with E-state index in [4.69, 9.17) is 0 Å². The van der Waals surface area contributed by atoms with E-state index < -0.39 is 0 Å². The summed E-state index contributed by atoms with van der Waals surface area (Å²) in [5.41, 5.74) is 6.26. The normalized spacial score (nSPS) is 28.6. The molecule has 3 rings (SSSR count). The van der Waals surface area contributed by atoms with E-state index in [0.29, 0.717) is 5.54 Å². The third kappa shape index (κ3) is 1.72. The fourth-order valence-corrected chi connectivity index (χ4v) is 3.58. The number of hydrogen-bond acceptors (Lipinski definition) is 1. The number of benzene rings is 1. The Morgan fingerprint density at radius 3 is 2.35 bits per heavy atom. The summed E-state index contributed by atoms with van der Waals surface area (Å²) in [4.78, 5) is 0. The van der Waals surface area contributed by atoms with Crippen LogP contribution in [0.25, 0.3) is 0 Å². The number of aryl methyl sites for hydroxylation is 3. The lowest BCUT2D eigenvalue weighted by atomic mass is 9.80. The van der Waals surface area contributed by atoms with Gasteiger partial charge in [-0.25, -0.2) is 0 Å². The minimum absolute atomic E-state index is 0.322. The predicted octanol–water partition coefficient (Wildman–Crippen LogP) is 3.60. The first-order valence-corrected chi connectivity index (χ1v) is 6.97. The molecule has 2 aliphatic rings. The molecule has 17 heavy (non-hydrogen) atoms. The first-order chi connectivity index (χ1) is 8.13. The third-order valence-corrected chi connectivity index (χ3v) is 4.78. The van der Waals surface area contributed by atoms with Gasteiger partial charge in [0.05, 0.1) is 0 Å². The van der Waals surface area contributed by atoms with E-state index in [0.717, 1.165) is 5.92 Å². The van der Waals surface area contributed by atoms with Gasteiger partial charge in [0, 0.05) is 5.54 Å². The molecule has 1 aromatic carbocycles. The molecule has 1 aliphatic carbocycles. The Morgan fingerprint density at radius 1 is 1.06 bits per heavy atom. The second kappa shape index (κ2) is 3.84. The first kappa shape index (κ1) is 11.3. The van der Waals surface area contributed by atoms with Gasteiger partial charge in [-0.2, -0.15) is 0 Å². The Labute approximate surface area is 105 Å². The minimum atomic E-state index is 0.322. The van der Waals surface area contributed by atoms with Gasteiger partial charge in [-0.1, -0.05) is 12.1 Å². The quantitative estimate of drug-likeness (QED) is 0.817. The molecule has 0 aromatic heterocycles. The van der Waals surface area contributed by atoms with E-state index >= 15 is 0 Å². The number of nitrogens with one attached hydrogen (secondary N) is 1. The van der Waals surface area contributed by atoms with Crippen LogP contribution in [0.15, 0.2) is 12.1 Å². The summed E-state index contributed by atoms with van der Waals surface area (Å²) in [7, 11) is 0. The van der Waals surface area contributed by atoms with Gasteiger partial charge in [0.1, 0.15) is 0 Å². The van der Waals surface area contributed by atoms with Crippen molar-refractivity contribution in [1.82, 2.24) is 5.32 Å². The first-order valence-electron chi connectivity index (χ1n) is 6.97. The third-order valence-electron chi connectivity index (χ3n) is 4.78.